The number of aromatic nitrogens is 2. The molecule has 1 aromatic rings. The van der Waals surface area contributed by atoms with Crippen molar-refractivity contribution in [3.05, 3.63) is 17.0 Å². The SMILES string of the molecule is CC(N)CCCc1c(C(F)(F)F)nn(C)c1C(F)(F)F. The first-order chi connectivity index (χ1) is 8.94. The summed E-state index contributed by atoms with van der Waals surface area (Å²) >= 11 is 0. The molecule has 116 valence electrons. The van der Waals surface area contributed by atoms with Crippen LogP contribution in [0.5, 0.6) is 0 Å². The van der Waals surface area contributed by atoms with E-state index in [4.69, 9.17) is 5.73 Å². The highest BCUT2D eigenvalue weighted by molar-refractivity contribution is 5.30. The van der Waals surface area contributed by atoms with Gasteiger partial charge in [-0.3, -0.25) is 4.68 Å². The highest BCUT2D eigenvalue weighted by Gasteiger charge is 2.45. The number of nitrogens with two attached hydrogens (primary N) is 1. The van der Waals surface area contributed by atoms with Crippen molar-refractivity contribution < 1.29 is 26.3 Å². The van der Waals surface area contributed by atoms with Crippen LogP contribution in [0.1, 0.15) is 36.7 Å². The minimum absolute atomic E-state index is 0.134. The lowest BCUT2D eigenvalue weighted by Crippen LogP contribution is -2.17. The fourth-order valence-corrected chi connectivity index (χ4v) is 1.99. The number of alkyl halides is 6. The largest absolute Gasteiger partial charge is 0.435 e. The molecule has 0 fully saturated rings. The molecule has 1 aromatic heterocycles. The molecule has 1 unspecified atom stereocenters. The minimum atomic E-state index is -4.91. The average Bonchev–Trinajstić information content (AvgIpc) is 2.53. The van der Waals surface area contributed by atoms with Crippen LogP contribution in [0.4, 0.5) is 26.3 Å². The normalized spacial score (nSPS) is 14.7. The first kappa shape index (κ1) is 16.8. The van der Waals surface area contributed by atoms with Gasteiger partial charge in [-0.05, 0) is 26.2 Å². The Bertz CT molecular complexity index is 458. The van der Waals surface area contributed by atoms with Crippen LogP contribution in [0.25, 0.3) is 0 Å². The summed E-state index contributed by atoms with van der Waals surface area (Å²) in [5.41, 5.74) is 1.80. The van der Waals surface area contributed by atoms with Gasteiger partial charge in [0.1, 0.15) is 5.69 Å². The molecule has 2 N–H and O–H groups in total. The summed E-state index contributed by atoms with van der Waals surface area (Å²) in [6.07, 6.45) is -9.68. The second-order valence-electron chi connectivity index (χ2n) is 4.66. The van der Waals surface area contributed by atoms with E-state index in [-0.39, 0.29) is 23.6 Å². The van der Waals surface area contributed by atoms with E-state index in [2.05, 4.69) is 5.10 Å². The maximum Gasteiger partial charge on any atom is 0.435 e. The van der Waals surface area contributed by atoms with E-state index in [1.807, 2.05) is 0 Å². The fraction of sp³-hybridized carbons (Fsp3) is 0.727. The summed E-state index contributed by atoms with van der Waals surface area (Å²) in [5, 5.41) is 2.99. The predicted molar refractivity (Wildman–Crippen MR) is 59.8 cm³/mol. The van der Waals surface area contributed by atoms with E-state index in [9.17, 15) is 26.3 Å². The van der Waals surface area contributed by atoms with E-state index >= 15 is 0 Å². The third-order valence-corrected chi connectivity index (χ3v) is 2.77. The van der Waals surface area contributed by atoms with Gasteiger partial charge >= 0.3 is 12.4 Å². The van der Waals surface area contributed by atoms with Gasteiger partial charge < -0.3 is 5.73 Å². The molecular weight excluding hydrogens is 288 g/mol. The third kappa shape index (κ3) is 3.87. The van der Waals surface area contributed by atoms with Gasteiger partial charge in [-0.2, -0.15) is 31.4 Å². The van der Waals surface area contributed by atoms with Crippen LogP contribution in [0.2, 0.25) is 0 Å². The Morgan fingerprint density at radius 2 is 1.70 bits per heavy atom. The van der Waals surface area contributed by atoms with Crippen molar-refractivity contribution in [1.29, 1.82) is 0 Å². The van der Waals surface area contributed by atoms with Crippen molar-refractivity contribution in [2.45, 2.75) is 44.6 Å². The van der Waals surface area contributed by atoms with Gasteiger partial charge in [0.15, 0.2) is 5.69 Å². The van der Waals surface area contributed by atoms with E-state index in [0.29, 0.717) is 6.42 Å². The van der Waals surface area contributed by atoms with Crippen LogP contribution in [0.3, 0.4) is 0 Å². The minimum Gasteiger partial charge on any atom is -0.328 e. The van der Waals surface area contributed by atoms with Gasteiger partial charge in [-0.15, -0.1) is 0 Å². The summed E-state index contributed by atoms with van der Waals surface area (Å²) < 4.78 is 77.0. The lowest BCUT2D eigenvalue weighted by atomic mass is 10.0. The Morgan fingerprint density at radius 3 is 2.10 bits per heavy atom. The molecule has 1 rings (SSSR count). The monoisotopic (exact) mass is 303 g/mol. The van der Waals surface area contributed by atoms with Gasteiger partial charge in [0, 0.05) is 18.7 Å². The van der Waals surface area contributed by atoms with Crippen molar-refractivity contribution >= 4 is 0 Å². The molecule has 9 heteroatoms. The Balaban J connectivity index is 3.21. The molecule has 0 aliphatic heterocycles. The van der Waals surface area contributed by atoms with Crippen LogP contribution < -0.4 is 5.73 Å². The molecule has 20 heavy (non-hydrogen) atoms. The van der Waals surface area contributed by atoms with Crippen LogP contribution in [-0.2, 0) is 25.8 Å². The van der Waals surface area contributed by atoms with Gasteiger partial charge in [-0.1, -0.05) is 0 Å². The van der Waals surface area contributed by atoms with Gasteiger partial charge in [0.2, 0.25) is 0 Å². The van der Waals surface area contributed by atoms with Crippen molar-refractivity contribution in [3.8, 4) is 0 Å². The van der Waals surface area contributed by atoms with E-state index in [1.165, 1.54) is 0 Å². The molecule has 0 aliphatic carbocycles. The summed E-state index contributed by atoms with van der Waals surface area (Å²) in [5.74, 6) is 0. The Kier molecular flexibility index (Phi) is 4.73. The summed E-state index contributed by atoms with van der Waals surface area (Å²) in [6, 6.07) is -0.282. The Morgan fingerprint density at radius 1 is 1.15 bits per heavy atom. The molecule has 0 radical (unpaired) electrons. The molecule has 0 saturated carbocycles. The third-order valence-electron chi connectivity index (χ3n) is 2.77. The lowest BCUT2D eigenvalue weighted by molar-refractivity contribution is -0.145. The zero-order chi connectivity index (χ0) is 15.7. The highest BCUT2D eigenvalue weighted by Crippen LogP contribution is 2.39. The van der Waals surface area contributed by atoms with E-state index in [0.717, 1.165) is 7.05 Å². The zero-order valence-electron chi connectivity index (χ0n) is 10.9. The topological polar surface area (TPSA) is 43.8 Å². The van der Waals surface area contributed by atoms with E-state index < -0.39 is 29.3 Å². The maximum absolute atomic E-state index is 12.8. The van der Waals surface area contributed by atoms with Gasteiger partial charge in [0.25, 0.3) is 0 Å². The number of rotatable bonds is 4. The van der Waals surface area contributed by atoms with Gasteiger partial charge in [-0.25, -0.2) is 0 Å². The lowest BCUT2D eigenvalue weighted by Gasteiger charge is -2.12. The molecule has 1 atom stereocenters. The first-order valence-electron chi connectivity index (χ1n) is 5.90. The quantitative estimate of drug-likeness (QED) is 0.869. The summed E-state index contributed by atoms with van der Waals surface area (Å²) in [4.78, 5) is 0. The molecular formula is C11H15F6N3. The molecule has 0 spiro atoms. The second kappa shape index (κ2) is 5.63. The highest BCUT2D eigenvalue weighted by atomic mass is 19.4. The van der Waals surface area contributed by atoms with Crippen molar-refractivity contribution in [1.82, 2.24) is 9.78 Å². The zero-order valence-corrected chi connectivity index (χ0v) is 10.9. The molecule has 0 aliphatic rings. The Labute approximate surface area is 111 Å². The molecule has 0 aromatic carbocycles. The van der Waals surface area contributed by atoms with Crippen LogP contribution in [-0.4, -0.2) is 15.8 Å². The fourth-order valence-electron chi connectivity index (χ4n) is 1.99. The summed E-state index contributed by atoms with van der Waals surface area (Å²) in [7, 11) is 0.854. The van der Waals surface area contributed by atoms with E-state index in [1.54, 1.807) is 6.92 Å². The van der Waals surface area contributed by atoms with Crippen LogP contribution >= 0.6 is 0 Å². The first-order valence-corrected chi connectivity index (χ1v) is 5.90. The molecule has 0 saturated heterocycles. The second-order valence-corrected chi connectivity index (χ2v) is 4.66. The summed E-state index contributed by atoms with van der Waals surface area (Å²) in [6.45, 7) is 1.64. The number of hydrogen-bond acceptors (Lipinski definition) is 2. The molecule has 0 amide bonds. The maximum atomic E-state index is 12.8. The smallest absolute Gasteiger partial charge is 0.328 e. The number of halogens is 6. The standard InChI is InChI=1S/C11H15F6N3/c1-6(18)4-3-5-7-8(10(12,13)14)19-20(2)9(7)11(15,16)17/h6H,3-5,18H2,1-2H3. The predicted octanol–water partition coefficient (Wildman–Crippen LogP) is 3.13. The van der Waals surface area contributed by atoms with Crippen molar-refractivity contribution in [2.24, 2.45) is 12.8 Å². The number of nitrogens with zero attached hydrogens (tertiary/aromatic N) is 2. The van der Waals surface area contributed by atoms with Crippen LogP contribution in [0, 0.1) is 0 Å². The average molecular weight is 303 g/mol. The van der Waals surface area contributed by atoms with Gasteiger partial charge in [0.05, 0.1) is 0 Å². The molecule has 0 bridgehead atoms. The number of aryl methyl sites for hydroxylation is 1. The van der Waals surface area contributed by atoms with Crippen LogP contribution in [0.15, 0.2) is 0 Å². The molecule has 1 heterocycles. The molecule has 3 nitrogen and oxygen atoms in total. The van der Waals surface area contributed by atoms with Crippen molar-refractivity contribution in [3.63, 3.8) is 0 Å². The Hall–Kier alpha value is -1.25. The van der Waals surface area contributed by atoms with Crippen molar-refractivity contribution in [2.75, 3.05) is 0 Å². The number of hydrogen-bond donors (Lipinski definition) is 1.